The Morgan fingerprint density at radius 3 is 1.41 bits per heavy atom. The van der Waals surface area contributed by atoms with Crippen LogP contribution in [0.25, 0.3) is 0 Å². The van der Waals surface area contributed by atoms with E-state index in [1.54, 1.807) is 0 Å². The van der Waals surface area contributed by atoms with Gasteiger partial charge in [-0.05, 0) is 43.7 Å². The molecule has 2 heteroatoms. The van der Waals surface area contributed by atoms with Crippen LogP contribution in [0.3, 0.4) is 0 Å². The summed E-state index contributed by atoms with van der Waals surface area (Å²) in [7, 11) is 0. The number of unbranched alkanes of at least 4 members (excludes halogenated alkanes) is 19. The summed E-state index contributed by atoms with van der Waals surface area (Å²) in [4.78, 5) is 7.18. The Labute approximate surface area is 213 Å². The molecule has 1 aromatic rings. The lowest BCUT2D eigenvalue weighted by Crippen LogP contribution is -2.30. The predicted octanol–water partition coefficient (Wildman–Crippen LogP) is 10.4. The molecule has 2 rings (SSSR count). The Balaban J connectivity index is 1.28. The zero-order valence-electron chi connectivity index (χ0n) is 23.0. The summed E-state index contributed by atoms with van der Waals surface area (Å²) in [6.07, 6.45) is 36.3. The fourth-order valence-electron chi connectivity index (χ4n) is 5.46. The number of pyridine rings is 1. The van der Waals surface area contributed by atoms with Gasteiger partial charge in [-0.3, -0.25) is 0 Å². The summed E-state index contributed by atoms with van der Waals surface area (Å²) < 4.78 is 0. The van der Waals surface area contributed by atoms with Crippen molar-refractivity contribution in [1.29, 1.82) is 0 Å². The smallest absolute Gasteiger partial charge is 0.128 e. The molecule has 0 radical (unpaired) electrons. The molecule has 0 atom stereocenters. The number of hydrogen-bond donors (Lipinski definition) is 0. The van der Waals surface area contributed by atoms with Crippen LogP contribution in [-0.4, -0.2) is 18.1 Å². The van der Waals surface area contributed by atoms with E-state index >= 15 is 0 Å². The lowest BCUT2D eigenvalue weighted by atomic mass is 10.0. The van der Waals surface area contributed by atoms with Crippen molar-refractivity contribution in [1.82, 2.24) is 4.98 Å². The lowest BCUT2D eigenvalue weighted by molar-refractivity contribution is 0.521. The molecule has 0 saturated carbocycles. The van der Waals surface area contributed by atoms with Gasteiger partial charge in [0.1, 0.15) is 5.82 Å². The third-order valence-corrected chi connectivity index (χ3v) is 7.81. The zero-order valence-corrected chi connectivity index (χ0v) is 23.0. The quantitative estimate of drug-likeness (QED) is 0.157. The molecule has 1 aromatic heterocycles. The average molecular weight is 471 g/mol. The van der Waals surface area contributed by atoms with Gasteiger partial charge in [0.15, 0.2) is 0 Å². The topological polar surface area (TPSA) is 16.1 Å². The molecule has 0 unspecified atom stereocenters. The third-order valence-electron chi connectivity index (χ3n) is 7.81. The first-order valence-electron chi connectivity index (χ1n) is 15.6. The Morgan fingerprint density at radius 2 is 1.00 bits per heavy atom. The second-order valence-electron chi connectivity index (χ2n) is 11.0. The Bertz CT molecular complexity index is 547. The summed E-state index contributed by atoms with van der Waals surface area (Å²) in [5, 5.41) is 0. The Hall–Kier alpha value is -1.05. The maximum absolute atomic E-state index is 4.73. The van der Waals surface area contributed by atoms with Crippen LogP contribution in [0.1, 0.15) is 160 Å². The molecule has 2 nitrogen and oxygen atoms in total. The maximum Gasteiger partial charge on any atom is 0.128 e. The van der Waals surface area contributed by atoms with E-state index in [4.69, 9.17) is 4.98 Å². The van der Waals surface area contributed by atoms with Crippen LogP contribution in [0.5, 0.6) is 0 Å². The second-order valence-corrected chi connectivity index (χ2v) is 11.0. The summed E-state index contributed by atoms with van der Waals surface area (Å²) >= 11 is 0. The zero-order chi connectivity index (χ0) is 23.9. The highest BCUT2D eigenvalue weighted by atomic mass is 15.2. The number of rotatable bonds is 22. The van der Waals surface area contributed by atoms with Gasteiger partial charge in [0, 0.05) is 19.3 Å². The van der Waals surface area contributed by atoms with Gasteiger partial charge in [0.2, 0.25) is 0 Å². The van der Waals surface area contributed by atoms with Crippen LogP contribution in [0.15, 0.2) is 18.3 Å². The molecule has 1 aliphatic rings. The standard InChI is InChI=1S/C32H58N2/c1-2-3-4-5-6-7-8-9-10-11-12-13-14-15-16-17-18-19-20-22-25-31-26-27-32(33-30-31)34-28-23-21-24-29-34/h26-27,30H,2-25,28-29H2,1H3. The molecule has 1 aliphatic heterocycles. The lowest BCUT2D eigenvalue weighted by Gasteiger charge is -2.27. The number of aryl methyl sites for hydroxylation is 1. The van der Waals surface area contributed by atoms with Gasteiger partial charge in [-0.2, -0.15) is 0 Å². The Kier molecular flexibility index (Phi) is 18.2. The number of nitrogens with zero attached hydrogens (tertiary/aromatic N) is 2. The molecule has 34 heavy (non-hydrogen) atoms. The van der Waals surface area contributed by atoms with Crippen molar-refractivity contribution in [3.63, 3.8) is 0 Å². The van der Waals surface area contributed by atoms with E-state index in [-0.39, 0.29) is 0 Å². The highest BCUT2D eigenvalue weighted by molar-refractivity contribution is 5.39. The largest absolute Gasteiger partial charge is 0.357 e. The van der Waals surface area contributed by atoms with Gasteiger partial charge < -0.3 is 4.90 Å². The minimum Gasteiger partial charge on any atom is -0.357 e. The molecule has 0 bridgehead atoms. The highest BCUT2D eigenvalue weighted by Gasteiger charge is 2.11. The summed E-state index contributed by atoms with van der Waals surface area (Å²) in [6.45, 7) is 4.68. The summed E-state index contributed by atoms with van der Waals surface area (Å²) in [5.41, 5.74) is 1.42. The molecular formula is C32H58N2. The van der Waals surface area contributed by atoms with Crippen molar-refractivity contribution in [2.45, 2.75) is 161 Å². The first-order valence-corrected chi connectivity index (χ1v) is 15.6. The number of hydrogen-bond acceptors (Lipinski definition) is 2. The van der Waals surface area contributed by atoms with Crippen molar-refractivity contribution in [2.24, 2.45) is 0 Å². The van der Waals surface area contributed by atoms with E-state index in [2.05, 4.69) is 30.2 Å². The molecule has 0 amide bonds. The van der Waals surface area contributed by atoms with Gasteiger partial charge in [0.25, 0.3) is 0 Å². The predicted molar refractivity (Wildman–Crippen MR) is 152 cm³/mol. The van der Waals surface area contributed by atoms with E-state index in [0.717, 1.165) is 0 Å². The molecule has 0 N–H and O–H groups in total. The molecule has 196 valence electrons. The monoisotopic (exact) mass is 470 g/mol. The van der Waals surface area contributed by atoms with E-state index in [9.17, 15) is 0 Å². The summed E-state index contributed by atoms with van der Waals surface area (Å²) in [6, 6.07) is 4.56. The van der Waals surface area contributed by atoms with Crippen LogP contribution in [0.2, 0.25) is 0 Å². The van der Waals surface area contributed by atoms with Crippen molar-refractivity contribution in [2.75, 3.05) is 18.0 Å². The van der Waals surface area contributed by atoms with Crippen molar-refractivity contribution < 1.29 is 0 Å². The van der Waals surface area contributed by atoms with Gasteiger partial charge in [-0.1, -0.05) is 135 Å². The Morgan fingerprint density at radius 1 is 0.559 bits per heavy atom. The van der Waals surface area contributed by atoms with Crippen molar-refractivity contribution in [3.05, 3.63) is 23.9 Å². The first-order chi connectivity index (χ1) is 16.9. The van der Waals surface area contributed by atoms with E-state index < -0.39 is 0 Å². The highest BCUT2D eigenvalue weighted by Crippen LogP contribution is 2.19. The number of piperidine rings is 1. The molecular weight excluding hydrogens is 412 g/mol. The SMILES string of the molecule is CCCCCCCCCCCCCCCCCCCCCCc1ccc(N2CCCCC2)nc1. The van der Waals surface area contributed by atoms with E-state index in [1.165, 1.54) is 179 Å². The maximum atomic E-state index is 4.73. The molecule has 0 aliphatic carbocycles. The van der Waals surface area contributed by atoms with Crippen LogP contribution < -0.4 is 4.90 Å². The van der Waals surface area contributed by atoms with Gasteiger partial charge in [-0.15, -0.1) is 0 Å². The minimum absolute atomic E-state index is 1.19. The van der Waals surface area contributed by atoms with Crippen molar-refractivity contribution in [3.8, 4) is 0 Å². The first kappa shape index (κ1) is 29.2. The van der Waals surface area contributed by atoms with E-state index in [1.807, 2.05) is 0 Å². The second kappa shape index (κ2) is 21.3. The molecule has 1 saturated heterocycles. The fraction of sp³-hybridized carbons (Fsp3) is 0.844. The molecule has 0 aromatic carbocycles. The van der Waals surface area contributed by atoms with Gasteiger partial charge in [0.05, 0.1) is 0 Å². The van der Waals surface area contributed by atoms with Crippen LogP contribution in [0, 0.1) is 0 Å². The molecule has 2 heterocycles. The molecule has 0 spiro atoms. The van der Waals surface area contributed by atoms with Gasteiger partial charge in [-0.25, -0.2) is 4.98 Å². The van der Waals surface area contributed by atoms with Crippen molar-refractivity contribution >= 4 is 5.82 Å². The fourth-order valence-corrected chi connectivity index (χ4v) is 5.46. The average Bonchev–Trinajstić information content (AvgIpc) is 2.88. The summed E-state index contributed by atoms with van der Waals surface area (Å²) in [5.74, 6) is 1.19. The van der Waals surface area contributed by atoms with Crippen LogP contribution in [0.4, 0.5) is 5.82 Å². The molecule has 1 fully saturated rings. The third kappa shape index (κ3) is 15.0. The normalized spacial score (nSPS) is 14.1. The van der Waals surface area contributed by atoms with Crippen LogP contribution >= 0.6 is 0 Å². The van der Waals surface area contributed by atoms with Gasteiger partial charge >= 0.3 is 0 Å². The number of aromatic nitrogens is 1. The van der Waals surface area contributed by atoms with Crippen LogP contribution in [-0.2, 0) is 6.42 Å². The van der Waals surface area contributed by atoms with E-state index in [0.29, 0.717) is 0 Å². The number of anilines is 1. The minimum atomic E-state index is 1.19.